The second kappa shape index (κ2) is 9.87. The van der Waals surface area contributed by atoms with Crippen LogP contribution in [0.25, 0.3) is 0 Å². The minimum atomic E-state index is -0.904. The molecule has 1 amide bonds. The van der Waals surface area contributed by atoms with Crippen LogP contribution in [0.4, 0.5) is 0 Å². The number of carbonyl (C=O) groups excluding carboxylic acids is 1. The second-order valence-corrected chi connectivity index (χ2v) is 7.20. The second-order valence-electron chi connectivity index (χ2n) is 5.82. The number of ether oxygens (including phenoxy) is 1. The number of carbonyl (C=O) groups is 2. The zero-order chi connectivity index (χ0) is 18.9. The quantitative estimate of drug-likeness (QED) is 0.517. The van der Waals surface area contributed by atoms with Gasteiger partial charge < -0.3 is 15.2 Å². The van der Waals surface area contributed by atoms with Crippen LogP contribution in [0.3, 0.4) is 0 Å². The summed E-state index contributed by atoms with van der Waals surface area (Å²) in [6.45, 7) is 4.59. The average Bonchev–Trinajstić information content (AvgIpc) is 2.63. The first-order valence-corrected chi connectivity index (χ1v) is 9.32. The number of rotatable bonds is 9. The average molecular weight is 373 g/mol. The molecule has 0 fully saturated rings. The molecule has 0 saturated heterocycles. The van der Waals surface area contributed by atoms with Crippen LogP contribution in [-0.4, -0.2) is 35.4 Å². The molecular weight excluding hydrogens is 350 g/mol. The molecule has 6 heteroatoms. The maximum absolute atomic E-state index is 12.4. The zero-order valence-electron chi connectivity index (χ0n) is 14.9. The van der Waals surface area contributed by atoms with Crippen molar-refractivity contribution < 1.29 is 19.4 Å². The van der Waals surface area contributed by atoms with Crippen molar-refractivity contribution in [3.63, 3.8) is 0 Å². The van der Waals surface area contributed by atoms with Gasteiger partial charge in [0.25, 0.3) is 5.91 Å². The summed E-state index contributed by atoms with van der Waals surface area (Å²) in [5.74, 6) is -0.261. The smallest absolute Gasteiger partial charge is 0.316 e. The summed E-state index contributed by atoms with van der Waals surface area (Å²) in [6.07, 6.45) is 0.681. The highest BCUT2D eigenvalue weighted by Gasteiger charge is 2.17. The third-order valence-corrected chi connectivity index (χ3v) is 4.91. The van der Waals surface area contributed by atoms with E-state index >= 15 is 0 Å². The minimum Gasteiger partial charge on any atom is -0.493 e. The summed E-state index contributed by atoms with van der Waals surface area (Å²) in [5.41, 5.74) is 1.57. The standard InChI is InChI=1S/C20H23NO4S/c1-14-8-3-5-10-17(14)25-13-7-12-21-19(22)16-9-4-6-11-18(16)26-15(2)20(23)24/h3-6,8-11,15H,7,12-13H2,1-2H3,(H,21,22)(H,23,24). The Balaban J connectivity index is 1.83. The molecule has 2 rings (SSSR count). The van der Waals surface area contributed by atoms with Gasteiger partial charge in [-0.3, -0.25) is 9.59 Å². The zero-order valence-corrected chi connectivity index (χ0v) is 15.7. The number of para-hydroxylation sites is 1. The van der Waals surface area contributed by atoms with Gasteiger partial charge in [0.05, 0.1) is 12.2 Å². The number of hydrogen-bond donors (Lipinski definition) is 2. The number of amides is 1. The maximum atomic E-state index is 12.4. The Kier molecular flexibility index (Phi) is 7.53. The first-order chi connectivity index (χ1) is 12.5. The predicted molar refractivity (Wildman–Crippen MR) is 103 cm³/mol. The molecule has 5 nitrogen and oxygen atoms in total. The maximum Gasteiger partial charge on any atom is 0.316 e. The van der Waals surface area contributed by atoms with Crippen molar-refractivity contribution in [2.24, 2.45) is 0 Å². The van der Waals surface area contributed by atoms with E-state index in [1.165, 1.54) is 0 Å². The molecule has 0 aliphatic carbocycles. The minimum absolute atomic E-state index is 0.207. The van der Waals surface area contributed by atoms with Gasteiger partial charge in [0.2, 0.25) is 0 Å². The SMILES string of the molecule is Cc1ccccc1OCCCNC(=O)c1ccccc1SC(C)C(=O)O. The molecule has 0 aliphatic heterocycles. The van der Waals surface area contributed by atoms with Gasteiger partial charge in [0.15, 0.2) is 0 Å². The lowest BCUT2D eigenvalue weighted by Crippen LogP contribution is -2.26. The number of aryl methyl sites for hydroxylation is 1. The lowest BCUT2D eigenvalue weighted by atomic mass is 10.2. The molecule has 0 spiro atoms. The van der Waals surface area contributed by atoms with E-state index in [1.807, 2.05) is 31.2 Å². The highest BCUT2D eigenvalue weighted by Crippen LogP contribution is 2.27. The van der Waals surface area contributed by atoms with E-state index in [4.69, 9.17) is 9.84 Å². The van der Waals surface area contributed by atoms with Gasteiger partial charge in [0.1, 0.15) is 11.0 Å². The van der Waals surface area contributed by atoms with Gasteiger partial charge in [-0.1, -0.05) is 30.3 Å². The summed E-state index contributed by atoms with van der Waals surface area (Å²) >= 11 is 1.16. The Hall–Kier alpha value is -2.47. The highest BCUT2D eigenvalue weighted by molar-refractivity contribution is 8.00. The van der Waals surface area contributed by atoms with Gasteiger partial charge in [-0.05, 0) is 44.0 Å². The van der Waals surface area contributed by atoms with Crippen LogP contribution in [0.1, 0.15) is 29.3 Å². The van der Waals surface area contributed by atoms with E-state index in [9.17, 15) is 9.59 Å². The number of carboxylic acid groups (broad SMARTS) is 1. The Labute approximate surface area is 157 Å². The molecule has 0 aromatic heterocycles. The molecule has 1 unspecified atom stereocenters. The number of aliphatic carboxylic acids is 1. The highest BCUT2D eigenvalue weighted by atomic mass is 32.2. The monoisotopic (exact) mass is 373 g/mol. The molecule has 138 valence electrons. The Morgan fingerprint density at radius 1 is 1.15 bits per heavy atom. The fraction of sp³-hybridized carbons (Fsp3) is 0.300. The predicted octanol–water partition coefficient (Wildman–Crippen LogP) is 3.76. The van der Waals surface area contributed by atoms with E-state index in [0.29, 0.717) is 30.0 Å². The molecule has 2 aromatic rings. The van der Waals surface area contributed by atoms with Gasteiger partial charge in [0, 0.05) is 11.4 Å². The number of carboxylic acids is 1. The van der Waals surface area contributed by atoms with Gasteiger partial charge >= 0.3 is 5.97 Å². The van der Waals surface area contributed by atoms with Crippen molar-refractivity contribution in [3.05, 3.63) is 59.7 Å². The number of hydrogen-bond acceptors (Lipinski definition) is 4. The topological polar surface area (TPSA) is 75.6 Å². The van der Waals surface area contributed by atoms with Crippen molar-refractivity contribution in [2.45, 2.75) is 30.4 Å². The number of benzene rings is 2. The van der Waals surface area contributed by atoms with Crippen LogP contribution in [0.2, 0.25) is 0 Å². The summed E-state index contributed by atoms with van der Waals surface area (Å²) < 4.78 is 5.71. The van der Waals surface area contributed by atoms with E-state index in [0.717, 1.165) is 23.1 Å². The third-order valence-electron chi connectivity index (χ3n) is 3.74. The van der Waals surface area contributed by atoms with Crippen LogP contribution >= 0.6 is 11.8 Å². The van der Waals surface area contributed by atoms with Crippen molar-refractivity contribution >= 4 is 23.6 Å². The molecule has 0 aliphatic rings. The summed E-state index contributed by atoms with van der Waals surface area (Å²) in [5, 5.41) is 11.3. The van der Waals surface area contributed by atoms with Crippen LogP contribution in [-0.2, 0) is 4.79 Å². The lowest BCUT2D eigenvalue weighted by Gasteiger charge is -2.12. The Morgan fingerprint density at radius 3 is 2.58 bits per heavy atom. The van der Waals surface area contributed by atoms with Crippen molar-refractivity contribution in [3.8, 4) is 5.75 Å². The van der Waals surface area contributed by atoms with E-state index in [-0.39, 0.29) is 5.91 Å². The molecule has 1 atom stereocenters. The van der Waals surface area contributed by atoms with Crippen LogP contribution in [0.15, 0.2) is 53.4 Å². The first-order valence-electron chi connectivity index (χ1n) is 8.44. The molecule has 0 saturated carbocycles. The molecule has 0 bridgehead atoms. The summed E-state index contributed by atoms with van der Waals surface area (Å²) in [4.78, 5) is 24.1. The number of thioether (sulfide) groups is 1. The Bertz CT molecular complexity index is 763. The molecule has 0 heterocycles. The van der Waals surface area contributed by atoms with Crippen molar-refractivity contribution in [2.75, 3.05) is 13.2 Å². The van der Waals surface area contributed by atoms with E-state index < -0.39 is 11.2 Å². The molecule has 2 aromatic carbocycles. The fourth-order valence-electron chi connectivity index (χ4n) is 2.27. The van der Waals surface area contributed by atoms with E-state index in [2.05, 4.69) is 5.32 Å². The summed E-state index contributed by atoms with van der Waals surface area (Å²) in [6, 6.07) is 14.8. The normalized spacial score (nSPS) is 11.6. The third kappa shape index (κ3) is 5.81. The first kappa shape index (κ1) is 19.8. The van der Waals surface area contributed by atoms with Crippen LogP contribution < -0.4 is 10.1 Å². The summed E-state index contributed by atoms with van der Waals surface area (Å²) in [7, 11) is 0. The fourth-order valence-corrected chi connectivity index (χ4v) is 3.19. The largest absolute Gasteiger partial charge is 0.493 e. The van der Waals surface area contributed by atoms with Crippen LogP contribution in [0, 0.1) is 6.92 Å². The van der Waals surface area contributed by atoms with Gasteiger partial charge in [-0.25, -0.2) is 0 Å². The Morgan fingerprint density at radius 2 is 1.85 bits per heavy atom. The van der Waals surface area contributed by atoms with E-state index in [1.54, 1.807) is 31.2 Å². The molecule has 26 heavy (non-hydrogen) atoms. The van der Waals surface area contributed by atoms with Crippen LogP contribution in [0.5, 0.6) is 5.75 Å². The molecular formula is C20H23NO4S. The molecule has 0 radical (unpaired) electrons. The molecule has 2 N–H and O–H groups in total. The number of nitrogens with one attached hydrogen (secondary N) is 1. The lowest BCUT2D eigenvalue weighted by molar-refractivity contribution is -0.136. The van der Waals surface area contributed by atoms with Crippen molar-refractivity contribution in [1.29, 1.82) is 0 Å². The van der Waals surface area contributed by atoms with Gasteiger partial charge in [-0.15, -0.1) is 11.8 Å². The van der Waals surface area contributed by atoms with Gasteiger partial charge in [-0.2, -0.15) is 0 Å². The van der Waals surface area contributed by atoms with Crippen molar-refractivity contribution in [1.82, 2.24) is 5.32 Å².